The zero-order valence-electron chi connectivity index (χ0n) is 22.6. The second-order valence-electron chi connectivity index (χ2n) is 10.1. The lowest BCUT2D eigenvalue weighted by atomic mass is 9.90. The fraction of sp³-hybridized carbons (Fsp3) is 0.400. The molecule has 6 rings (SSSR count). The van der Waals surface area contributed by atoms with Gasteiger partial charge in [0.05, 0.1) is 18.1 Å². The van der Waals surface area contributed by atoms with Crippen LogP contribution in [0.2, 0.25) is 0 Å². The molecule has 2 bridgehead atoms. The molecule has 0 saturated carbocycles. The molecule has 1 N–H and O–H groups in total. The Hall–Kier alpha value is -4.05. The highest BCUT2D eigenvalue weighted by Crippen LogP contribution is 2.45. The first-order valence-electron chi connectivity index (χ1n) is 13.2. The summed E-state index contributed by atoms with van der Waals surface area (Å²) < 4.78 is 20.7. The number of carbonyl (C=O) groups excluding carboxylic acids is 3. The van der Waals surface area contributed by atoms with Gasteiger partial charge in [-0.05, 0) is 57.1 Å². The van der Waals surface area contributed by atoms with Crippen molar-refractivity contribution in [1.29, 1.82) is 0 Å². The number of aromatic nitrogens is 2. The Morgan fingerprint density at radius 1 is 1.07 bits per heavy atom. The molecule has 3 saturated heterocycles. The molecule has 1 aromatic heterocycles. The number of fused-ring (bicyclic) bond motifs is 2. The zero-order chi connectivity index (χ0) is 28.8. The van der Waals surface area contributed by atoms with Crippen LogP contribution in [-0.4, -0.2) is 51.3 Å². The van der Waals surface area contributed by atoms with Crippen molar-refractivity contribution in [1.82, 2.24) is 9.97 Å². The quantitative estimate of drug-likeness (QED) is 0.337. The van der Waals surface area contributed by atoms with Crippen LogP contribution in [0.4, 0.5) is 0 Å². The molecule has 40 heavy (non-hydrogen) atoms. The molecule has 0 amide bonds. The molecule has 2 aromatic rings. The van der Waals surface area contributed by atoms with Crippen LogP contribution in [0.25, 0.3) is 0 Å². The first-order chi connectivity index (χ1) is 19.1. The monoisotopic (exact) mass is 549 g/mol. The summed E-state index contributed by atoms with van der Waals surface area (Å²) in [5, 5.41) is 8.90. The second-order valence-corrected chi connectivity index (χ2v) is 10.1. The van der Waals surface area contributed by atoms with Gasteiger partial charge in [0, 0.05) is 17.6 Å². The first-order valence-corrected chi connectivity index (χ1v) is 13.2. The van der Waals surface area contributed by atoms with Gasteiger partial charge in [-0.1, -0.05) is 37.4 Å². The van der Waals surface area contributed by atoms with Gasteiger partial charge < -0.3 is 24.1 Å². The summed E-state index contributed by atoms with van der Waals surface area (Å²) >= 11 is 0. The van der Waals surface area contributed by atoms with E-state index >= 15 is 0 Å². The second kappa shape index (κ2) is 12.9. The number of carbonyl (C=O) groups is 3. The molecule has 10 heteroatoms. The fourth-order valence-corrected chi connectivity index (χ4v) is 4.84. The van der Waals surface area contributed by atoms with Crippen LogP contribution in [0, 0.1) is 12.3 Å². The van der Waals surface area contributed by atoms with Gasteiger partial charge in [0.15, 0.2) is 0 Å². The van der Waals surface area contributed by atoms with Crippen LogP contribution in [0.3, 0.4) is 0 Å². The van der Waals surface area contributed by atoms with E-state index in [-0.39, 0.29) is 59.6 Å². The van der Waals surface area contributed by atoms with Crippen molar-refractivity contribution in [3.8, 4) is 11.8 Å². The molecular weight excluding hydrogens is 516 g/mol. The largest absolute Gasteiger partial charge is 0.493 e. The van der Waals surface area contributed by atoms with Gasteiger partial charge in [0.2, 0.25) is 11.8 Å². The van der Waals surface area contributed by atoms with Crippen molar-refractivity contribution >= 4 is 17.9 Å². The maximum absolute atomic E-state index is 11.6. The number of rotatable bonds is 4. The Morgan fingerprint density at radius 2 is 1.82 bits per heavy atom. The highest BCUT2D eigenvalue weighted by molar-refractivity contribution is 5.88. The lowest BCUT2D eigenvalue weighted by Crippen LogP contribution is -2.22. The van der Waals surface area contributed by atoms with Gasteiger partial charge in [0.1, 0.15) is 24.6 Å². The molecular formula is C30H33N2O8. The van der Waals surface area contributed by atoms with Crippen LogP contribution in [0.5, 0.6) is 11.8 Å². The number of hydrogen-bond acceptors (Lipinski definition) is 10. The third-order valence-electron chi connectivity index (χ3n) is 6.83. The lowest BCUT2D eigenvalue weighted by Gasteiger charge is -2.18. The van der Waals surface area contributed by atoms with Crippen LogP contribution in [0.1, 0.15) is 56.8 Å². The molecule has 5 unspecified atom stereocenters. The number of benzene rings is 1. The Morgan fingerprint density at radius 3 is 2.48 bits per heavy atom. The van der Waals surface area contributed by atoms with Crippen molar-refractivity contribution in [2.75, 3.05) is 0 Å². The maximum Gasteiger partial charge on any atom is 0.339 e. The minimum absolute atomic E-state index is 0.000463. The minimum atomic E-state index is -0.585. The Kier molecular flexibility index (Phi) is 9.31. The summed E-state index contributed by atoms with van der Waals surface area (Å²) in [7, 11) is 0. The van der Waals surface area contributed by atoms with Gasteiger partial charge in [-0.3, -0.25) is 4.79 Å². The van der Waals surface area contributed by atoms with E-state index in [2.05, 4.69) is 35.3 Å². The Balaban J connectivity index is 0.000000143. The van der Waals surface area contributed by atoms with E-state index in [4.69, 9.17) is 24.1 Å². The van der Waals surface area contributed by atoms with Crippen LogP contribution >= 0.6 is 0 Å². The van der Waals surface area contributed by atoms with E-state index in [1.807, 2.05) is 18.6 Å². The SMILES string of the molecule is C=C(C)C(=O)OC1CCCCc2ccccc21.C=C(C)C(=O)Oc1cc(O)ncn1.O=C1OC2[CH]C3CC1C2O3. The molecule has 4 aliphatic rings. The number of aromatic hydroxyl groups is 1. The van der Waals surface area contributed by atoms with Crippen LogP contribution in [0.15, 0.2) is 61.0 Å². The average molecular weight is 550 g/mol. The van der Waals surface area contributed by atoms with E-state index in [0.717, 1.165) is 44.5 Å². The lowest BCUT2D eigenvalue weighted by molar-refractivity contribution is -0.145. The van der Waals surface area contributed by atoms with Gasteiger partial charge >= 0.3 is 17.9 Å². The molecule has 211 valence electrons. The Labute approximate surface area is 233 Å². The summed E-state index contributed by atoms with van der Waals surface area (Å²) in [6.07, 6.45) is 8.34. The topological polar surface area (TPSA) is 134 Å². The minimum Gasteiger partial charge on any atom is -0.493 e. The zero-order valence-corrected chi connectivity index (χ0v) is 22.6. The fourth-order valence-electron chi connectivity index (χ4n) is 4.84. The molecule has 10 nitrogen and oxygen atoms in total. The van der Waals surface area contributed by atoms with Crippen molar-refractivity contribution in [3.63, 3.8) is 0 Å². The molecule has 1 aromatic carbocycles. The Bertz CT molecular complexity index is 1290. The molecule has 3 aliphatic heterocycles. The maximum atomic E-state index is 11.6. The number of nitrogens with zero attached hydrogens (tertiary/aromatic N) is 2. The van der Waals surface area contributed by atoms with Crippen molar-refractivity contribution in [3.05, 3.63) is 78.5 Å². The van der Waals surface area contributed by atoms with E-state index < -0.39 is 5.97 Å². The average Bonchev–Trinajstić information content (AvgIpc) is 3.50. The summed E-state index contributed by atoms with van der Waals surface area (Å²) in [6.45, 7) is 10.2. The third kappa shape index (κ3) is 7.12. The summed E-state index contributed by atoms with van der Waals surface area (Å²) in [6, 6.07) is 9.38. The third-order valence-corrected chi connectivity index (χ3v) is 6.83. The molecule has 0 spiro atoms. The van der Waals surface area contributed by atoms with Crippen molar-refractivity contribution < 1.29 is 38.4 Å². The van der Waals surface area contributed by atoms with E-state index in [1.54, 1.807) is 6.92 Å². The van der Waals surface area contributed by atoms with E-state index in [1.165, 1.54) is 18.1 Å². The summed E-state index contributed by atoms with van der Waals surface area (Å²) in [4.78, 5) is 40.6. The van der Waals surface area contributed by atoms with Crippen LogP contribution in [-0.2, 0) is 35.0 Å². The normalized spacial score (nSPS) is 25.1. The number of aryl methyl sites for hydroxylation is 1. The predicted octanol–water partition coefficient (Wildman–Crippen LogP) is 4.14. The summed E-state index contributed by atoms with van der Waals surface area (Å²) in [5.41, 5.74) is 3.20. The van der Waals surface area contributed by atoms with Gasteiger partial charge in [-0.25, -0.2) is 19.6 Å². The molecule has 1 radical (unpaired) electrons. The van der Waals surface area contributed by atoms with Gasteiger partial charge in [-0.2, -0.15) is 0 Å². The van der Waals surface area contributed by atoms with E-state index in [0.29, 0.717) is 5.57 Å². The standard InChI is InChI=1S/C15H18O2.C8H8N2O3.C7H7O3/c1-11(2)15(16)17-14-10-6-4-8-12-7-3-5-9-13(12)14;1-5(2)8(12)13-7-3-6(11)9-4-10-7;8-7-4-1-3-2-5(10-7)6(4)9-3/h3,5,7,9,14H,1,4,6,8,10H2,2H3;3-4H,1H2,2H3,(H,9,10,11);2-6H,1H2. The molecule has 3 fully saturated rings. The predicted molar refractivity (Wildman–Crippen MR) is 143 cm³/mol. The van der Waals surface area contributed by atoms with E-state index in [9.17, 15) is 14.4 Å². The number of ether oxygens (including phenoxy) is 4. The molecule has 1 aliphatic carbocycles. The highest BCUT2D eigenvalue weighted by Gasteiger charge is 2.58. The van der Waals surface area contributed by atoms with Gasteiger partial charge in [-0.15, -0.1) is 0 Å². The van der Waals surface area contributed by atoms with Crippen LogP contribution < -0.4 is 4.74 Å². The highest BCUT2D eigenvalue weighted by atomic mass is 16.6. The molecule has 5 atom stereocenters. The number of hydrogen-bond donors (Lipinski definition) is 1. The number of esters is 3. The first kappa shape index (κ1) is 28.9. The van der Waals surface area contributed by atoms with Gasteiger partial charge in [0.25, 0.3) is 0 Å². The smallest absolute Gasteiger partial charge is 0.339 e. The van der Waals surface area contributed by atoms with Crippen molar-refractivity contribution in [2.24, 2.45) is 5.92 Å². The molecule has 4 heterocycles. The van der Waals surface area contributed by atoms with Crippen molar-refractivity contribution in [2.45, 2.75) is 70.4 Å². The summed E-state index contributed by atoms with van der Waals surface area (Å²) in [5.74, 6) is -1.13.